The highest BCUT2D eigenvalue weighted by Gasteiger charge is 2.35. The van der Waals surface area contributed by atoms with E-state index in [1.54, 1.807) is 32.1 Å². The number of hydrogen-bond donors (Lipinski definition) is 1. The van der Waals surface area contributed by atoms with Crippen molar-refractivity contribution in [3.8, 4) is 0 Å². The maximum Gasteiger partial charge on any atom is 0.335 e. The van der Waals surface area contributed by atoms with Gasteiger partial charge in [-0.1, -0.05) is 17.7 Å². The second kappa shape index (κ2) is 10.7. The smallest absolute Gasteiger partial charge is 0.335 e. The van der Waals surface area contributed by atoms with Crippen LogP contribution in [-0.2, 0) is 11.3 Å². The number of carboxylic acids is 1. The molecule has 1 saturated heterocycles. The number of benzene rings is 1. The summed E-state index contributed by atoms with van der Waals surface area (Å²) >= 11 is 7.46. The van der Waals surface area contributed by atoms with Crippen LogP contribution in [0.2, 0.25) is 4.34 Å². The van der Waals surface area contributed by atoms with Crippen molar-refractivity contribution >= 4 is 52.7 Å². The lowest BCUT2D eigenvalue weighted by Crippen LogP contribution is -2.47. The number of nitrogens with zero attached hydrogens (tertiary/aromatic N) is 6. The number of aromatic carboxylic acids is 1. The molecule has 3 heterocycles. The minimum Gasteiger partial charge on any atom is -0.478 e. The lowest BCUT2D eigenvalue weighted by molar-refractivity contribution is -0.131. The highest BCUT2D eigenvalue weighted by Crippen LogP contribution is 2.30. The molecule has 13 heteroatoms. The fourth-order valence-corrected chi connectivity index (χ4v) is 5.16. The molecule has 4 rings (SSSR count). The van der Waals surface area contributed by atoms with Gasteiger partial charge in [-0.15, -0.1) is 16.4 Å². The Morgan fingerprint density at radius 1 is 1.16 bits per heavy atom. The number of hydrogen-bond acceptors (Lipinski definition) is 8. The van der Waals surface area contributed by atoms with Crippen LogP contribution in [0.3, 0.4) is 0 Å². The van der Waals surface area contributed by atoms with Crippen molar-refractivity contribution in [3.05, 3.63) is 62.6 Å². The number of rotatable bonds is 6. The van der Waals surface area contributed by atoms with Crippen molar-refractivity contribution < 1.29 is 24.3 Å². The van der Waals surface area contributed by atoms with Crippen LogP contribution in [0.15, 0.2) is 36.4 Å². The van der Waals surface area contributed by atoms with Gasteiger partial charge in [0.05, 0.1) is 16.4 Å². The number of carbonyl (C=O) groups is 4. The van der Waals surface area contributed by atoms with E-state index < -0.39 is 11.9 Å². The molecule has 1 N–H and O–H groups in total. The minimum atomic E-state index is -1.15. The highest BCUT2D eigenvalue weighted by molar-refractivity contribution is 7.16. The Morgan fingerprint density at radius 3 is 2.51 bits per heavy atom. The molecular weight excluding hydrogens is 520 g/mol. The van der Waals surface area contributed by atoms with Gasteiger partial charge in [0.1, 0.15) is 0 Å². The average molecular weight is 545 g/mol. The second-order valence-corrected chi connectivity index (χ2v) is 10.6. The first kappa shape index (κ1) is 26.3. The van der Waals surface area contributed by atoms with Crippen molar-refractivity contribution in [3.63, 3.8) is 0 Å². The van der Waals surface area contributed by atoms with Gasteiger partial charge in [0.2, 0.25) is 11.9 Å². The summed E-state index contributed by atoms with van der Waals surface area (Å²) in [7, 11) is 4.92. The average Bonchev–Trinajstić information content (AvgIpc) is 3.49. The number of amides is 3. The number of carboxylic acid groups (broad SMARTS) is 1. The summed E-state index contributed by atoms with van der Waals surface area (Å²) in [5, 5.41) is 13.8. The summed E-state index contributed by atoms with van der Waals surface area (Å²) < 4.78 is 1.76. The lowest BCUT2D eigenvalue weighted by Gasteiger charge is -2.30. The maximum absolute atomic E-state index is 13.5. The van der Waals surface area contributed by atoms with Crippen molar-refractivity contribution in [1.82, 2.24) is 24.6 Å². The van der Waals surface area contributed by atoms with Crippen LogP contribution >= 0.6 is 22.9 Å². The van der Waals surface area contributed by atoms with Gasteiger partial charge in [-0.3, -0.25) is 14.5 Å². The third-order valence-electron chi connectivity index (χ3n) is 5.92. The van der Waals surface area contributed by atoms with E-state index in [-0.39, 0.29) is 47.9 Å². The fraction of sp³-hybridized carbons (Fsp3) is 0.333. The number of thiophene rings is 1. The molecule has 194 valence electrons. The molecule has 1 aromatic carbocycles. The predicted molar refractivity (Wildman–Crippen MR) is 137 cm³/mol. The number of carbonyl (C=O) groups excluding carboxylic acids is 3. The van der Waals surface area contributed by atoms with Gasteiger partial charge in [-0.05, 0) is 36.8 Å². The number of halogens is 1. The molecule has 1 fully saturated rings. The van der Waals surface area contributed by atoms with Crippen molar-refractivity contribution in [2.75, 3.05) is 32.6 Å². The largest absolute Gasteiger partial charge is 0.478 e. The summed E-state index contributed by atoms with van der Waals surface area (Å²) in [5.74, 6) is -1.89. The van der Waals surface area contributed by atoms with Gasteiger partial charge in [-0.25, -0.2) is 9.59 Å². The van der Waals surface area contributed by atoms with Crippen molar-refractivity contribution in [1.29, 1.82) is 0 Å². The van der Waals surface area contributed by atoms with E-state index >= 15 is 0 Å². The maximum atomic E-state index is 13.5. The van der Waals surface area contributed by atoms with Gasteiger partial charge in [0, 0.05) is 50.5 Å². The Kier molecular flexibility index (Phi) is 7.60. The summed E-state index contributed by atoms with van der Waals surface area (Å²) in [5.41, 5.74) is 0.102. The molecule has 0 spiro atoms. The Labute approximate surface area is 221 Å². The van der Waals surface area contributed by atoms with Crippen LogP contribution < -0.4 is 4.90 Å². The number of piperidine rings is 1. The van der Waals surface area contributed by atoms with Crippen LogP contribution in [0, 0.1) is 0 Å². The third kappa shape index (κ3) is 5.65. The first-order valence-electron chi connectivity index (χ1n) is 11.4. The van der Waals surface area contributed by atoms with Crippen molar-refractivity contribution in [2.45, 2.75) is 25.3 Å². The molecule has 3 amide bonds. The standard InChI is InChI=1S/C24H25ClN6O5S/c1-28(2)24(36)30-10-9-14(12-19(30)32)20-26-23(29(3)13-17-7-8-18(25)37-17)31(27-20)21(33)15-5-4-6-16(11-15)22(34)35/h4-8,11,14H,9-10,12-13H2,1-3H3,(H,34,35). The fourth-order valence-electron chi connectivity index (χ4n) is 4.02. The minimum absolute atomic E-state index is 0.0238. The van der Waals surface area contributed by atoms with Crippen LogP contribution in [0.4, 0.5) is 10.7 Å². The van der Waals surface area contributed by atoms with Gasteiger partial charge in [-0.2, -0.15) is 9.67 Å². The normalized spacial score (nSPS) is 15.5. The third-order valence-corrected chi connectivity index (χ3v) is 7.14. The van der Waals surface area contributed by atoms with E-state index in [4.69, 9.17) is 11.6 Å². The van der Waals surface area contributed by atoms with Gasteiger partial charge >= 0.3 is 12.0 Å². The zero-order valence-corrected chi connectivity index (χ0v) is 22.0. The molecular formula is C24H25ClN6O5S. The first-order chi connectivity index (χ1) is 17.5. The predicted octanol–water partition coefficient (Wildman–Crippen LogP) is 3.40. The number of imide groups is 1. The topological polar surface area (TPSA) is 129 Å². The Morgan fingerprint density at radius 2 is 1.89 bits per heavy atom. The Hall–Kier alpha value is -3.77. The molecule has 1 unspecified atom stereocenters. The van der Waals surface area contributed by atoms with Gasteiger partial charge in [0.25, 0.3) is 5.91 Å². The lowest BCUT2D eigenvalue weighted by atomic mass is 9.96. The van der Waals surface area contributed by atoms with Crippen LogP contribution in [0.1, 0.15) is 50.2 Å². The number of likely N-dealkylation sites (tertiary alicyclic amines) is 1. The molecule has 0 aliphatic carbocycles. The number of aromatic nitrogens is 3. The Bertz CT molecular complexity index is 1370. The first-order valence-corrected chi connectivity index (χ1v) is 12.6. The Balaban J connectivity index is 1.67. The second-order valence-electron chi connectivity index (χ2n) is 8.85. The monoisotopic (exact) mass is 544 g/mol. The molecule has 1 aliphatic heterocycles. The van der Waals surface area contributed by atoms with E-state index in [0.29, 0.717) is 23.1 Å². The zero-order chi connectivity index (χ0) is 26.9. The molecule has 0 radical (unpaired) electrons. The molecule has 0 bridgehead atoms. The van der Waals surface area contributed by atoms with Crippen molar-refractivity contribution in [2.24, 2.45) is 0 Å². The molecule has 1 atom stereocenters. The van der Waals surface area contributed by atoms with E-state index in [1.165, 1.54) is 45.4 Å². The van der Waals surface area contributed by atoms with Crippen LogP contribution in [0.5, 0.6) is 0 Å². The SMILES string of the molecule is CN(C)C(=O)N1CCC(c2nc(N(C)Cc3ccc(Cl)s3)n(C(=O)c3cccc(C(=O)O)c3)n2)CC1=O. The van der Waals surface area contributed by atoms with E-state index in [0.717, 1.165) is 9.56 Å². The molecule has 37 heavy (non-hydrogen) atoms. The van der Waals surface area contributed by atoms with Gasteiger partial charge < -0.3 is 14.9 Å². The summed E-state index contributed by atoms with van der Waals surface area (Å²) in [4.78, 5) is 59.8. The van der Waals surface area contributed by atoms with E-state index in [1.807, 2.05) is 6.07 Å². The summed E-state index contributed by atoms with van der Waals surface area (Å²) in [6.07, 6.45) is 0.470. The molecule has 0 saturated carbocycles. The quantitative estimate of drug-likeness (QED) is 0.500. The van der Waals surface area contributed by atoms with Crippen LogP contribution in [0.25, 0.3) is 0 Å². The van der Waals surface area contributed by atoms with Gasteiger partial charge in [0.15, 0.2) is 5.82 Å². The van der Waals surface area contributed by atoms with Crippen LogP contribution in [-0.4, -0.2) is 81.2 Å². The highest BCUT2D eigenvalue weighted by atomic mass is 35.5. The zero-order valence-electron chi connectivity index (χ0n) is 20.4. The molecule has 3 aromatic rings. The molecule has 11 nitrogen and oxygen atoms in total. The number of urea groups is 1. The number of anilines is 1. The van der Waals surface area contributed by atoms with E-state index in [2.05, 4.69) is 10.1 Å². The summed E-state index contributed by atoms with van der Waals surface area (Å²) in [6, 6.07) is 8.94. The molecule has 2 aromatic heterocycles. The summed E-state index contributed by atoms with van der Waals surface area (Å²) in [6.45, 7) is 0.606. The van der Waals surface area contributed by atoms with E-state index in [9.17, 15) is 24.3 Å². The molecule has 1 aliphatic rings.